The van der Waals surface area contributed by atoms with Gasteiger partial charge in [0.1, 0.15) is 0 Å². The number of urea groups is 1. The molecule has 0 bridgehead atoms. The van der Waals surface area contributed by atoms with Gasteiger partial charge in [0.15, 0.2) is 0 Å². The number of aromatic carboxylic acids is 1. The summed E-state index contributed by atoms with van der Waals surface area (Å²) in [6.45, 7) is 1.51. The van der Waals surface area contributed by atoms with Crippen LogP contribution in [0.25, 0.3) is 0 Å². The zero-order valence-electron chi connectivity index (χ0n) is 11.1. The van der Waals surface area contributed by atoms with E-state index in [0.29, 0.717) is 26.1 Å². The molecule has 5 nitrogen and oxygen atoms in total. The van der Waals surface area contributed by atoms with Gasteiger partial charge in [-0.1, -0.05) is 6.07 Å². The van der Waals surface area contributed by atoms with Gasteiger partial charge in [-0.05, 0) is 29.7 Å². The van der Waals surface area contributed by atoms with Crippen molar-refractivity contribution in [1.29, 1.82) is 0 Å². The lowest BCUT2D eigenvalue weighted by atomic mass is 9.97. The Morgan fingerprint density at radius 3 is 2.90 bits per heavy atom. The SMILES string of the molecule is C#CCCNC(=O)N1CCc2ccc(C(=O)O)cc2C1. The van der Waals surface area contributed by atoms with E-state index >= 15 is 0 Å². The predicted molar refractivity (Wildman–Crippen MR) is 74.4 cm³/mol. The van der Waals surface area contributed by atoms with Gasteiger partial charge in [0.05, 0.1) is 5.56 Å². The van der Waals surface area contributed by atoms with E-state index in [4.69, 9.17) is 11.5 Å². The molecule has 0 saturated carbocycles. The quantitative estimate of drug-likeness (QED) is 0.646. The van der Waals surface area contributed by atoms with Gasteiger partial charge in [-0.15, -0.1) is 12.3 Å². The van der Waals surface area contributed by atoms with Crippen molar-refractivity contribution in [3.05, 3.63) is 34.9 Å². The number of hydrogen-bond acceptors (Lipinski definition) is 2. The smallest absolute Gasteiger partial charge is 0.335 e. The molecule has 0 aromatic heterocycles. The molecule has 0 fully saturated rings. The first-order valence-electron chi connectivity index (χ1n) is 6.43. The van der Waals surface area contributed by atoms with Gasteiger partial charge in [0.25, 0.3) is 0 Å². The Hall–Kier alpha value is -2.48. The molecule has 0 unspecified atom stereocenters. The maximum absolute atomic E-state index is 11.9. The first-order chi connectivity index (χ1) is 9.61. The molecular weight excluding hydrogens is 256 g/mol. The van der Waals surface area contributed by atoms with E-state index in [-0.39, 0.29) is 11.6 Å². The second kappa shape index (κ2) is 6.11. The Labute approximate surface area is 117 Å². The van der Waals surface area contributed by atoms with E-state index in [1.165, 1.54) is 0 Å². The molecule has 1 aromatic carbocycles. The number of nitrogens with zero attached hydrogens (tertiary/aromatic N) is 1. The summed E-state index contributed by atoms with van der Waals surface area (Å²) < 4.78 is 0. The maximum Gasteiger partial charge on any atom is 0.335 e. The molecule has 5 heteroatoms. The fraction of sp³-hybridized carbons (Fsp3) is 0.333. The number of fused-ring (bicyclic) bond motifs is 1. The van der Waals surface area contributed by atoms with Crippen molar-refractivity contribution in [2.24, 2.45) is 0 Å². The van der Waals surface area contributed by atoms with Crippen molar-refractivity contribution in [1.82, 2.24) is 10.2 Å². The number of carboxylic acids is 1. The lowest BCUT2D eigenvalue weighted by Crippen LogP contribution is -2.43. The molecule has 0 aliphatic carbocycles. The largest absolute Gasteiger partial charge is 0.478 e. The Morgan fingerprint density at radius 2 is 2.20 bits per heavy atom. The number of nitrogens with one attached hydrogen (secondary N) is 1. The molecule has 1 heterocycles. The highest BCUT2D eigenvalue weighted by molar-refractivity contribution is 5.88. The van der Waals surface area contributed by atoms with Crippen molar-refractivity contribution in [2.75, 3.05) is 13.1 Å². The Morgan fingerprint density at radius 1 is 1.40 bits per heavy atom. The monoisotopic (exact) mass is 272 g/mol. The number of terminal acetylenes is 1. The molecule has 104 valence electrons. The number of hydrogen-bond donors (Lipinski definition) is 2. The molecule has 0 saturated heterocycles. The van der Waals surface area contributed by atoms with Gasteiger partial charge < -0.3 is 15.3 Å². The number of benzene rings is 1. The molecule has 2 amide bonds. The van der Waals surface area contributed by atoms with Crippen LogP contribution in [-0.4, -0.2) is 35.1 Å². The van der Waals surface area contributed by atoms with E-state index in [9.17, 15) is 9.59 Å². The normalized spacial score (nSPS) is 13.2. The van der Waals surface area contributed by atoms with Crippen LogP contribution in [0.3, 0.4) is 0 Å². The van der Waals surface area contributed by atoms with Crippen LogP contribution in [0.15, 0.2) is 18.2 Å². The van der Waals surface area contributed by atoms with Crippen LogP contribution in [-0.2, 0) is 13.0 Å². The fourth-order valence-electron chi connectivity index (χ4n) is 2.22. The van der Waals surface area contributed by atoms with Crippen LogP contribution < -0.4 is 5.32 Å². The number of carbonyl (C=O) groups is 2. The van der Waals surface area contributed by atoms with Gasteiger partial charge >= 0.3 is 12.0 Å². The zero-order valence-corrected chi connectivity index (χ0v) is 11.1. The topological polar surface area (TPSA) is 69.6 Å². The molecule has 1 aliphatic rings. The van der Waals surface area contributed by atoms with E-state index in [0.717, 1.165) is 17.5 Å². The number of carbonyl (C=O) groups excluding carboxylic acids is 1. The molecule has 1 aliphatic heterocycles. The third kappa shape index (κ3) is 3.09. The van der Waals surface area contributed by atoms with Crippen molar-refractivity contribution in [2.45, 2.75) is 19.4 Å². The molecule has 0 radical (unpaired) electrons. The minimum Gasteiger partial charge on any atom is -0.478 e. The predicted octanol–water partition coefficient (Wildman–Crippen LogP) is 1.48. The Balaban J connectivity index is 2.06. The van der Waals surface area contributed by atoms with Gasteiger partial charge in [-0.3, -0.25) is 0 Å². The Bertz CT molecular complexity index is 575. The second-order valence-corrected chi connectivity index (χ2v) is 4.65. The standard InChI is InChI=1S/C15H16N2O3/c1-2-3-7-16-15(20)17-8-6-11-4-5-12(14(18)19)9-13(11)10-17/h1,4-5,9H,3,6-8,10H2,(H,16,20)(H,18,19). The minimum atomic E-state index is -0.955. The van der Waals surface area contributed by atoms with E-state index < -0.39 is 5.97 Å². The first-order valence-corrected chi connectivity index (χ1v) is 6.43. The fourth-order valence-corrected chi connectivity index (χ4v) is 2.22. The summed E-state index contributed by atoms with van der Waals surface area (Å²) in [5.41, 5.74) is 2.24. The van der Waals surface area contributed by atoms with Gasteiger partial charge in [-0.25, -0.2) is 9.59 Å². The van der Waals surface area contributed by atoms with Crippen molar-refractivity contribution >= 4 is 12.0 Å². The summed E-state index contributed by atoms with van der Waals surface area (Å²) in [7, 11) is 0. The summed E-state index contributed by atoms with van der Waals surface area (Å²) in [5.74, 6) is 1.51. The van der Waals surface area contributed by atoms with E-state index in [1.807, 2.05) is 6.07 Å². The third-order valence-electron chi connectivity index (χ3n) is 3.30. The Kier molecular flexibility index (Phi) is 4.26. The molecule has 2 rings (SSSR count). The van der Waals surface area contributed by atoms with E-state index in [1.54, 1.807) is 17.0 Å². The highest BCUT2D eigenvalue weighted by atomic mass is 16.4. The number of amides is 2. The van der Waals surface area contributed by atoms with Crippen LogP contribution >= 0.6 is 0 Å². The molecule has 0 atom stereocenters. The average molecular weight is 272 g/mol. The van der Waals surface area contributed by atoms with Crippen LogP contribution in [0.5, 0.6) is 0 Å². The van der Waals surface area contributed by atoms with Crippen molar-refractivity contribution < 1.29 is 14.7 Å². The molecule has 0 spiro atoms. The van der Waals surface area contributed by atoms with Crippen LogP contribution in [0, 0.1) is 12.3 Å². The van der Waals surface area contributed by atoms with Gasteiger partial charge in [0, 0.05) is 26.1 Å². The van der Waals surface area contributed by atoms with Crippen LogP contribution in [0.4, 0.5) is 4.79 Å². The zero-order chi connectivity index (χ0) is 14.5. The number of rotatable bonds is 3. The third-order valence-corrected chi connectivity index (χ3v) is 3.30. The molecule has 20 heavy (non-hydrogen) atoms. The second-order valence-electron chi connectivity index (χ2n) is 4.65. The lowest BCUT2D eigenvalue weighted by Gasteiger charge is -2.29. The summed E-state index contributed by atoms with van der Waals surface area (Å²) in [5, 5.41) is 11.7. The maximum atomic E-state index is 11.9. The van der Waals surface area contributed by atoms with Crippen molar-refractivity contribution in [3.8, 4) is 12.3 Å². The summed E-state index contributed by atoms with van der Waals surface area (Å²) in [6, 6.07) is 4.90. The molecular formula is C15H16N2O3. The van der Waals surface area contributed by atoms with Crippen LogP contribution in [0.2, 0.25) is 0 Å². The average Bonchev–Trinajstić information content (AvgIpc) is 2.46. The number of carboxylic acid groups (broad SMARTS) is 1. The highest BCUT2D eigenvalue weighted by Crippen LogP contribution is 2.20. The van der Waals surface area contributed by atoms with Crippen LogP contribution in [0.1, 0.15) is 27.9 Å². The first kappa shape index (κ1) is 13.9. The highest BCUT2D eigenvalue weighted by Gasteiger charge is 2.21. The summed E-state index contributed by atoms with van der Waals surface area (Å²) >= 11 is 0. The molecule has 2 N–H and O–H groups in total. The summed E-state index contributed by atoms with van der Waals surface area (Å²) in [6.07, 6.45) is 6.36. The molecule has 1 aromatic rings. The van der Waals surface area contributed by atoms with E-state index in [2.05, 4.69) is 11.2 Å². The van der Waals surface area contributed by atoms with Gasteiger partial charge in [-0.2, -0.15) is 0 Å². The lowest BCUT2D eigenvalue weighted by molar-refractivity contribution is 0.0696. The van der Waals surface area contributed by atoms with Crippen molar-refractivity contribution in [3.63, 3.8) is 0 Å². The minimum absolute atomic E-state index is 0.161. The van der Waals surface area contributed by atoms with Gasteiger partial charge in [0.2, 0.25) is 0 Å². The summed E-state index contributed by atoms with van der Waals surface area (Å²) in [4.78, 5) is 24.6.